The lowest BCUT2D eigenvalue weighted by Crippen LogP contribution is -2.49. The van der Waals surface area contributed by atoms with Crippen molar-refractivity contribution in [1.29, 1.82) is 0 Å². The summed E-state index contributed by atoms with van der Waals surface area (Å²) in [5.41, 5.74) is 9.51. The Hall–Kier alpha value is -5.37. The van der Waals surface area contributed by atoms with Crippen LogP contribution < -0.4 is 21.7 Å². The summed E-state index contributed by atoms with van der Waals surface area (Å²) in [5, 5.41) is 9.74. The molecule has 2 amide bonds. The summed E-state index contributed by atoms with van der Waals surface area (Å²) in [7, 11) is 0. The first kappa shape index (κ1) is 35.5. The molecule has 6 rings (SSSR count). The zero-order valence-electron chi connectivity index (χ0n) is 27.5. The number of anilines is 1. The van der Waals surface area contributed by atoms with E-state index in [2.05, 4.69) is 25.9 Å². The van der Waals surface area contributed by atoms with Crippen molar-refractivity contribution in [3.8, 4) is 0 Å². The van der Waals surface area contributed by atoms with Crippen molar-refractivity contribution in [2.24, 2.45) is 5.73 Å². The molecule has 0 bridgehead atoms. The number of rotatable bonds is 12. The molecule has 0 unspecified atom stereocenters. The second-order valence-corrected chi connectivity index (χ2v) is 12.3. The number of benzene rings is 3. The number of carbonyl (C=O) groups excluding carboxylic acids is 2. The second kappa shape index (κ2) is 16.6. The largest absolute Gasteiger partial charge is 0.448 e. The monoisotopic (exact) mass is 698 g/mol. The minimum absolute atomic E-state index is 0.0932. The Bertz CT molecular complexity index is 1910. The van der Waals surface area contributed by atoms with Gasteiger partial charge in [0.1, 0.15) is 24.1 Å². The lowest BCUT2D eigenvalue weighted by molar-refractivity contribution is -0.117. The van der Waals surface area contributed by atoms with Gasteiger partial charge in [-0.25, -0.2) is 18.0 Å². The molecule has 1 fully saturated rings. The van der Waals surface area contributed by atoms with Crippen LogP contribution >= 0.6 is 0 Å². The highest BCUT2D eigenvalue weighted by atomic mass is 19.1. The summed E-state index contributed by atoms with van der Waals surface area (Å²) in [6.07, 6.45) is 2.22. The van der Waals surface area contributed by atoms with E-state index in [0.29, 0.717) is 29.8 Å². The number of aromatic nitrogens is 2. The maximum atomic E-state index is 15.1. The number of hydrogen-bond donors (Lipinski definition) is 4. The summed E-state index contributed by atoms with van der Waals surface area (Å²) in [6.45, 7) is 1.03. The van der Waals surface area contributed by atoms with Gasteiger partial charge in [0, 0.05) is 23.4 Å². The van der Waals surface area contributed by atoms with E-state index >= 15 is 4.39 Å². The number of fused-ring (bicyclic) bond motifs is 1. The van der Waals surface area contributed by atoms with Crippen LogP contribution in [0.1, 0.15) is 34.7 Å². The van der Waals surface area contributed by atoms with E-state index in [4.69, 9.17) is 15.2 Å². The fraction of sp³-hybridized carbons (Fsp3) is 0.263. The van der Waals surface area contributed by atoms with Gasteiger partial charge in [-0.05, 0) is 60.4 Å². The molecule has 3 heterocycles. The van der Waals surface area contributed by atoms with Gasteiger partial charge in [0.25, 0.3) is 0 Å². The van der Waals surface area contributed by atoms with Gasteiger partial charge < -0.3 is 31.2 Å². The fourth-order valence-corrected chi connectivity index (χ4v) is 6.00. The molecule has 1 aliphatic rings. The first-order valence-corrected chi connectivity index (χ1v) is 16.5. The number of pyridine rings is 2. The number of morpholine rings is 1. The zero-order valence-corrected chi connectivity index (χ0v) is 27.5. The number of ether oxygens (including phenoxy) is 2. The molecule has 0 saturated carbocycles. The highest BCUT2D eigenvalue weighted by molar-refractivity contribution is 5.96. The van der Waals surface area contributed by atoms with Crippen LogP contribution in [0, 0.1) is 17.5 Å². The number of hydrogen-bond acceptors (Lipinski definition) is 8. The maximum Gasteiger partial charge on any atom is 0.407 e. The SMILES string of the molecule is N[C@H](C(=O)Nc1cncc(F)c1CC[C@@H]1CN[C@H](COC(=O)NCc2ccc3ccccc3n2)CO1)C(c1ccc(F)cc1)c1ccc(F)cc1. The third-order valence-corrected chi connectivity index (χ3v) is 8.75. The topological polar surface area (TPSA) is 140 Å². The van der Waals surface area contributed by atoms with E-state index in [1.165, 1.54) is 54.7 Å². The van der Waals surface area contributed by atoms with Crippen molar-refractivity contribution in [2.75, 3.05) is 25.1 Å². The van der Waals surface area contributed by atoms with E-state index in [-0.39, 0.29) is 49.6 Å². The third kappa shape index (κ3) is 9.25. The number of amides is 2. The molecule has 0 radical (unpaired) electrons. The van der Waals surface area contributed by atoms with Crippen LogP contribution in [0.5, 0.6) is 0 Å². The quantitative estimate of drug-likeness (QED) is 0.137. The minimum Gasteiger partial charge on any atom is -0.448 e. The van der Waals surface area contributed by atoms with Crippen LogP contribution in [0.2, 0.25) is 0 Å². The summed E-state index contributed by atoms with van der Waals surface area (Å²) in [6, 6.07) is 21.2. The van der Waals surface area contributed by atoms with Crippen molar-refractivity contribution in [3.63, 3.8) is 0 Å². The lowest BCUT2D eigenvalue weighted by atomic mass is 9.85. The molecule has 0 spiro atoms. The molecule has 51 heavy (non-hydrogen) atoms. The molecule has 264 valence electrons. The zero-order chi connectivity index (χ0) is 35.7. The summed E-state index contributed by atoms with van der Waals surface area (Å²) in [5.74, 6) is -2.89. The maximum absolute atomic E-state index is 15.1. The molecular weight excluding hydrogens is 661 g/mol. The van der Waals surface area contributed by atoms with Crippen LogP contribution in [0.25, 0.3) is 10.9 Å². The average molecular weight is 699 g/mol. The minimum atomic E-state index is -1.19. The Morgan fingerprint density at radius 3 is 2.33 bits per heavy atom. The van der Waals surface area contributed by atoms with Gasteiger partial charge in [0.05, 0.1) is 60.6 Å². The number of para-hydroxylation sites is 1. The first-order valence-electron chi connectivity index (χ1n) is 16.5. The number of nitrogens with zero attached hydrogens (tertiary/aromatic N) is 2. The van der Waals surface area contributed by atoms with Crippen molar-refractivity contribution in [1.82, 2.24) is 20.6 Å². The molecule has 2 aromatic heterocycles. The number of nitrogens with two attached hydrogens (primary N) is 1. The second-order valence-electron chi connectivity index (χ2n) is 12.3. The predicted octanol–water partition coefficient (Wildman–Crippen LogP) is 5.36. The van der Waals surface area contributed by atoms with Gasteiger partial charge in [-0.3, -0.25) is 14.8 Å². The Morgan fingerprint density at radius 1 is 0.941 bits per heavy atom. The van der Waals surface area contributed by atoms with Crippen LogP contribution in [-0.4, -0.2) is 59.9 Å². The molecule has 10 nitrogen and oxygen atoms in total. The van der Waals surface area contributed by atoms with E-state index in [1.54, 1.807) is 0 Å². The third-order valence-electron chi connectivity index (χ3n) is 8.75. The molecule has 3 atom stereocenters. The number of carbonyl (C=O) groups is 2. The Kier molecular flexibility index (Phi) is 11.5. The van der Waals surface area contributed by atoms with Crippen LogP contribution in [-0.2, 0) is 27.2 Å². The lowest BCUT2D eigenvalue weighted by Gasteiger charge is -2.30. The highest BCUT2D eigenvalue weighted by Gasteiger charge is 2.29. The first-order chi connectivity index (χ1) is 24.7. The Morgan fingerprint density at radius 2 is 1.65 bits per heavy atom. The van der Waals surface area contributed by atoms with Crippen molar-refractivity contribution in [3.05, 3.63) is 137 Å². The Balaban J connectivity index is 0.992. The van der Waals surface area contributed by atoms with Crippen molar-refractivity contribution in [2.45, 2.75) is 43.5 Å². The number of halogens is 3. The predicted molar refractivity (Wildman–Crippen MR) is 185 cm³/mol. The van der Waals surface area contributed by atoms with Crippen LogP contribution in [0.3, 0.4) is 0 Å². The van der Waals surface area contributed by atoms with Crippen molar-refractivity contribution >= 4 is 28.6 Å². The van der Waals surface area contributed by atoms with Crippen LogP contribution in [0.4, 0.5) is 23.7 Å². The van der Waals surface area contributed by atoms with E-state index < -0.39 is 41.4 Å². The summed E-state index contributed by atoms with van der Waals surface area (Å²) < 4.78 is 53.8. The normalized spacial score (nSPS) is 16.5. The molecule has 1 saturated heterocycles. The Labute approximate surface area is 292 Å². The van der Waals surface area contributed by atoms with Gasteiger partial charge in [-0.1, -0.05) is 48.5 Å². The highest BCUT2D eigenvalue weighted by Crippen LogP contribution is 2.29. The summed E-state index contributed by atoms with van der Waals surface area (Å²) in [4.78, 5) is 34.2. The molecular formula is C38H37F3N6O4. The summed E-state index contributed by atoms with van der Waals surface area (Å²) >= 11 is 0. The number of alkyl carbamates (subject to hydrolysis) is 1. The fourth-order valence-electron chi connectivity index (χ4n) is 6.00. The smallest absolute Gasteiger partial charge is 0.407 e. The van der Waals surface area contributed by atoms with E-state index in [1.807, 2.05) is 36.4 Å². The van der Waals surface area contributed by atoms with E-state index in [9.17, 15) is 18.4 Å². The van der Waals surface area contributed by atoms with Gasteiger partial charge in [0.2, 0.25) is 5.91 Å². The van der Waals surface area contributed by atoms with Crippen LogP contribution in [0.15, 0.2) is 97.3 Å². The number of nitrogens with one attached hydrogen (secondary N) is 3. The molecule has 13 heteroatoms. The van der Waals surface area contributed by atoms with E-state index in [0.717, 1.165) is 17.1 Å². The standard InChI is InChI=1S/C38H37F3N6O4/c39-26-10-5-24(6-11-26)35(25-7-12-27(40)13-8-25)36(42)37(48)47-34-20-43-19-32(41)31(34)16-15-30-18-44-29(21-50-30)22-51-38(49)45-17-28-14-9-23-3-1-2-4-33(23)46-28/h1-14,19-20,29-30,35-36,44H,15-18,21-22,42H2,(H,45,49)(H,47,48)/t29-,30+,36-/m0/s1. The molecule has 5 aromatic rings. The van der Waals surface area contributed by atoms with Gasteiger partial charge in [-0.2, -0.15) is 0 Å². The average Bonchev–Trinajstić information content (AvgIpc) is 3.14. The molecule has 1 aliphatic heterocycles. The molecule has 0 aliphatic carbocycles. The molecule has 5 N–H and O–H groups in total. The molecule has 3 aromatic carbocycles. The van der Waals surface area contributed by atoms with Gasteiger partial charge in [0.15, 0.2) is 0 Å². The van der Waals surface area contributed by atoms with Crippen molar-refractivity contribution < 1.29 is 32.2 Å². The van der Waals surface area contributed by atoms with Gasteiger partial charge >= 0.3 is 6.09 Å². The van der Waals surface area contributed by atoms with Gasteiger partial charge in [-0.15, -0.1) is 0 Å².